The number of carboxylic acid groups (broad SMARTS) is 1. The molecule has 194 valence electrons. The van der Waals surface area contributed by atoms with Gasteiger partial charge in [-0.3, -0.25) is 14.4 Å². The van der Waals surface area contributed by atoms with Crippen LogP contribution in [0.3, 0.4) is 0 Å². The molecule has 3 amide bonds. The van der Waals surface area contributed by atoms with E-state index in [1.54, 1.807) is 0 Å². The standard InChI is InChI=1S/C24H30N4O7S/c25-17(10-14-4-2-1-3-5-14)21(31)28-20(13-36)23(33)27-19(12-29)22(32)26-18(24(34)35)11-15-6-8-16(30)9-7-15/h1-9,17-20,29-30,36H,10-13,25H2,(H,26,32)(H,27,33)(H,28,31)(H,34,35). The maximum Gasteiger partial charge on any atom is 0.326 e. The van der Waals surface area contributed by atoms with Crippen LogP contribution in [0.25, 0.3) is 0 Å². The lowest BCUT2D eigenvalue weighted by atomic mass is 10.1. The Bertz CT molecular complexity index is 1040. The average molecular weight is 519 g/mol. The fourth-order valence-corrected chi connectivity index (χ4v) is 3.50. The van der Waals surface area contributed by atoms with Crippen LogP contribution in [0, 0.1) is 0 Å². The number of aliphatic carboxylic acids is 1. The van der Waals surface area contributed by atoms with E-state index in [-0.39, 0.29) is 24.3 Å². The minimum atomic E-state index is -1.48. The van der Waals surface area contributed by atoms with Crippen molar-refractivity contribution in [2.45, 2.75) is 37.0 Å². The molecule has 0 heterocycles. The van der Waals surface area contributed by atoms with Crippen LogP contribution in [0.15, 0.2) is 54.6 Å². The van der Waals surface area contributed by atoms with Gasteiger partial charge in [0.25, 0.3) is 0 Å². The van der Waals surface area contributed by atoms with Crippen LogP contribution in [0.2, 0.25) is 0 Å². The van der Waals surface area contributed by atoms with E-state index in [1.165, 1.54) is 24.3 Å². The molecule has 12 heteroatoms. The van der Waals surface area contributed by atoms with Gasteiger partial charge in [-0.1, -0.05) is 42.5 Å². The Morgan fingerprint density at radius 1 is 0.778 bits per heavy atom. The molecule has 0 aliphatic carbocycles. The first kappa shape index (κ1) is 28.6. The Hall–Kier alpha value is -3.61. The minimum absolute atomic E-state index is 0.00424. The normalized spacial score (nSPS) is 14.1. The summed E-state index contributed by atoms with van der Waals surface area (Å²) < 4.78 is 0. The Balaban J connectivity index is 1.96. The summed E-state index contributed by atoms with van der Waals surface area (Å²) in [7, 11) is 0. The number of carboxylic acids is 1. The first-order valence-corrected chi connectivity index (χ1v) is 11.7. The van der Waals surface area contributed by atoms with Crippen LogP contribution in [0.4, 0.5) is 0 Å². The third kappa shape index (κ3) is 8.87. The highest BCUT2D eigenvalue weighted by molar-refractivity contribution is 7.80. The quantitative estimate of drug-likeness (QED) is 0.154. The molecule has 0 saturated heterocycles. The molecular weight excluding hydrogens is 488 g/mol. The van der Waals surface area contributed by atoms with E-state index in [9.17, 15) is 34.5 Å². The summed E-state index contributed by atoms with van der Waals surface area (Å²) in [6, 6.07) is 9.92. The molecule has 11 nitrogen and oxygen atoms in total. The second kappa shape index (κ2) is 14.1. The van der Waals surface area contributed by atoms with Gasteiger partial charge in [0.05, 0.1) is 12.6 Å². The summed E-state index contributed by atoms with van der Waals surface area (Å²) in [6.07, 6.45) is 0.148. The van der Waals surface area contributed by atoms with Crippen molar-refractivity contribution in [1.29, 1.82) is 0 Å². The molecule has 0 aliphatic rings. The van der Waals surface area contributed by atoms with Crippen molar-refractivity contribution in [1.82, 2.24) is 16.0 Å². The summed E-state index contributed by atoms with van der Waals surface area (Å²) in [4.78, 5) is 49.4. The maximum absolute atomic E-state index is 12.7. The number of amides is 3. The van der Waals surface area contributed by atoms with Gasteiger partial charge >= 0.3 is 5.97 Å². The number of carbonyl (C=O) groups excluding carboxylic acids is 3. The zero-order valence-corrected chi connectivity index (χ0v) is 20.2. The molecule has 2 aromatic carbocycles. The molecule has 0 aliphatic heterocycles. The highest BCUT2D eigenvalue weighted by Gasteiger charge is 2.29. The number of phenolic OH excluding ortho intramolecular Hbond substituents is 1. The molecule has 8 N–H and O–H groups in total. The molecule has 4 atom stereocenters. The fraction of sp³-hybridized carbons (Fsp3) is 0.333. The second-order valence-electron chi connectivity index (χ2n) is 8.05. The van der Waals surface area contributed by atoms with Gasteiger partial charge in [0.15, 0.2) is 0 Å². The zero-order valence-electron chi connectivity index (χ0n) is 19.3. The van der Waals surface area contributed by atoms with Crippen molar-refractivity contribution < 1.29 is 34.5 Å². The van der Waals surface area contributed by atoms with Gasteiger partial charge in [-0.05, 0) is 29.7 Å². The van der Waals surface area contributed by atoms with E-state index >= 15 is 0 Å². The van der Waals surface area contributed by atoms with Crippen molar-refractivity contribution in [2.24, 2.45) is 5.73 Å². The Labute approximate surface area is 213 Å². The smallest absolute Gasteiger partial charge is 0.326 e. The average Bonchev–Trinajstić information content (AvgIpc) is 2.86. The monoisotopic (exact) mass is 518 g/mol. The number of carbonyl (C=O) groups is 4. The van der Waals surface area contributed by atoms with E-state index < -0.39 is 54.5 Å². The number of benzene rings is 2. The van der Waals surface area contributed by atoms with Gasteiger partial charge in [0.1, 0.15) is 23.9 Å². The van der Waals surface area contributed by atoms with E-state index in [0.29, 0.717) is 5.56 Å². The number of rotatable bonds is 13. The lowest BCUT2D eigenvalue weighted by Crippen LogP contribution is -2.58. The van der Waals surface area contributed by atoms with Crippen molar-refractivity contribution >= 4 is 36.3 Å². The third-order valence-corrected chi connectivity index (χ3v) is 5.62. The number of hydrogen-bond acceptors (Lipinski definition) is 8. The van der Waals surface area contributed by atoms with Crippen LogP contribution in [0.5, 0.6) is 5.75 Å². The van der Waals surface area contributed by atoms with Gasteiger partial charge in [0, 0.05) is 12.2 Å². The van der Waals surface area contributed by atoms with E-state index in [0.717, 1.165) is 5.56 Å². The highest BCUT2D eigenvalue weighted by atomic mass is 32.1. The fourth-order valence-electron chi connectivity index (χ4n) is 3.24. The minimum Gasteiger partial charge on any atom is -0.508 e. The van der Waals surface area contributed by atoms with E-state index in [2.05, 4.69) is 28.6 Å². The predicted octanol–water partition coefficient (Wildman–Crippen LogP) is -1.03. The van der Waals surface area contributed by atoms with Gasteiger partial charge < -0.3 is 37.0 Å². The van der Waals surface area contributed by atoms with Crippen LogP contribution >= 0.6 is 12.6 Å². The number of thiol groups is 1. The van der Waals surface area contributed by atoms with Crippen molar-refractivity contribution in [3.8, 4) is 5.75 Å². The molecule has 0 fully saturated rings. The molecule has 2 rings (SSSR count). The molecule has 0 saturated carbocycles. The maximum atomic E-state index is 12.7. The van der Waals surface area contributed by atoms with E-state index in [4.69, 9.17) is 5.73 Å². The number of aliphatic hydroxyl groups excluding tert-OH is 1. The summed E-state index contributed by atoms with van der Waals surface area (Å²) in [5, 5.41) is 35.5. The van der Waals surface area contributed by atoms with Crippen LogP contribution in [0.1, 0.15) is 11.1 Å². The molecule has 2 aromatic rings. The summed E-state index contributed by atoms with van der Waals surface area (Å²) >= 11 is 4.07. The van der Waals surface area contributed by atoms with Crippen molar-refractivity contribution in [2.75, 3.05) is 12.4 Å². The first-order valence-electron chi connectivity index (χ1n) is 11.1. The van der Waals surface area contributed by atoms with Crippen LogP contribution in [-0.4, -0.2) is 75.5 Å². The summed E-state index contributed by atoms with van der Waals surface area (Å²) in [5.74, 6) is -3.77. The van der Waals surface area contributed by atoms with Crippen LogP contribution in [-0.2, 0) is 32.0 Å². The van der Waals surface area contributed by atoms with Gasteiger partial charge in [-0.25, -0.2) is 4.79 Å². The third-order valence-electron chi connectivity index (χ3n) is 5.26. The zero-order chi connectivity index (χ0) is 26.7. The van der Waals surface area contributed by atoms with Crippen molar-refractivity contribution in [3.05, 3.63) is 65.7 Å². The topological polar surface area (TPSA) is 191 Å². The number of aromatic hydroxyl groups is 1. The molecule has 0 radical (unpaired) electrons. The van der Waals surface area contributed by atoms with Gasteiger partial charge in [-0.15, -0.1) is 0 Å². The second-order valence-corrected chi connectivity index (χ2v) is 8.42. The number of hydrogen-bond donors (Lipinski definition) is 8. The number of nitrogens with one attached hydrogen (secondary N) is 3. The molecule has 0 aromatic heterocycles. The number of phenols is 1. The summed E-state index contributed by atoms with van der Waals surface area (Å²) in [5.41, 5.74) is 7.31. The molecule has 4 unspecified atom stereocenters. The van der Waals surface area contributed by atoms with Gasteiger partial charge in [-0.2, -0.15) is 12.6 Å². The van der Waals surface area contributed by atoms with E-state index in [1.807, 2.05) is 30.3 Å². The Kier molecular flexibility index (Phi) is 11.2. The Morgan fingerprint density at radius 3 is 1.86 bits per heavy atom. The largest absolute Gasteiger partial charge is 0.508 e. The molecular formula is C24H30N4O7S. The van der Waals surface area contributed by atoms with Gasteiger partial charge in [0.2, 0.25) is 17.7 Å². The SMILES string of the molecule is NC(Cc1ccccc1)C(=O)NC(CS)C(=O)NC(CO)C(=O)NC(Cc1ccc(O)cc1)C(=O)O. The molecule has 0 bridgehead atoms. The highest BCUT2D eigenvalue weighted by Crippen LogP contribution is 2.11. The predicted molar refractivity (Wildman–Crippen MR) is 134 cm³/mol. The number of nitrogens with two attached hydrogens (primary N) is 1. The summed E-state index contributed by atoms with van der Waals surface area (Å²) in [6.45, 7) is -0.816. The lowest BCUT2D eigenvalue weighted by Gasteiger charge is -2.23. The lowest BCUT2D eigenvalue weighted by molar-refractivity contribution is -0.142. The Morgan fingerprint density at radius 2 is 1.31 bits per heavy atom. The molecule has 0 spiro atoms. The van der Waals surface area contributed by atoms with Crippen LogP contribution < -0.4 is 21.7 Å². The van der Waals surface area contributed by atoms with Crippen molar-refractivity contribution in [3.63, 3.8) is 0 Å². The number of aliphatic hydroxyl groups is 1. The first-order chi connectivity index (χ1) is 17.1. The molecule has 36 heavy (non-hydrogen) atoms.